The van der Waals surface area contributed by atoms with Crippen molar-refractivity contribution in [3.8, 4) is 0 Å². The summed E-state index contributed by atoms with van der Waals surface area (Å²) in [6.07, 6.45) is 0.774. The number of hydrogen-bond donors (Lipinski definition) is 1. The molecule has 0 bridgehead atoms. The topological polar surface area (TPSA) is 75.7 Å². The number of nitrogens with zero attached hydrogens (tertiary/aromatic N) is 1. The van der Waals surface area contributed by atoms with E-state index in [0.717, 1.165) is 13.0 Å². The number of carbonyl (C=O) groups is 1. The summed E-state index contributed by atoms with van der Waals surface area (Å²) < 4.78 is 31.2. The van der Waals surface area contributed by atoms with Gasteiger partial charge in [-0.05, 0) is 31.2 Å². The van der Waals surface area contributed by atoms with Gasteiger partial charge in [0.1, 0.15) is 0 Å². The van der Waals surface area contributed by atoms with E-state index in [4.69, 9.17) is 0 Å². The van der Waals surface area contributed by atoms with Crippen molar-refractivity contribution in [2.75, 3.05) is 33.3 Å². The summed E-state index contributed by atoms with van der Waals surface area (Å²) in [6, 6.07) is 5.95. The van der Waals surface area contributed by atoms with Crippen LogP contribution in [0.4, 0.5) is 0 Å². The normalized spacial score (nSPS) is 16.6. The van der Waals surface area contributed by atoms with Crippen LogP contribution < -0.4 is 5.32 Å². The Bertz CT molecular complexity index is 584. The average Bonchev–Trinajstić information content (AvgIpc) is 2.76. The van der Waals surface area contributed by atoms with Crippen molar-refractivity contribution in [3.05, 3.63) is 29.8 Å². The molecule has 1 aliphatic heterocycles. The van der Waals surface area contributed by atoms with E-state index in [0.29, 0.717) is 19.6 Å². The molecule has 0 atom stereocenters. The van der Waals surface area contributed by atoms with Crippen molar-refractivity contribution in [1.82, 2.24) is 9.62 Å². The predicted molar refractivity (Wildman–Crippen MR) is 81.3 cm³/mol. The van der Waals surface area contributed by atoms with E-state index in [9.17, 15) is 13.2 Å². The number of nitrogens with one attached hydrogen (secondary N) is 1. The Balaban J connectivity index is 0.00000220. The van der Waals surface area contributed by atoms with Gasteiger partial charge in [0.25, 0.3) is 0 Å². The van der Waals surface area contributed by atoms with Crippen LogP contribution in [-0.4, -0.2) is 52.0 Å². The summed E-state index contributed by atoms with van der Waals surface area (Å²) in [4.78, 5) is 11.6. The van der Waals surface area contributed by atoms with Crippen molar-refractivity contribution in [2.24, 2.45) is 0 Å². The third kappa shape index (κ3) is 4.16. The molecular weight excluding hydrogens is 316 g/mol. The lowest BCUT2D eigenvalue weighted by Gasteiger charge is -2.19. The third-order valence-corrected chi connectivity index (χ3v) is 5.09. The molecule has 0 aliphatic carbocycles. The van der Waals surface area contributed by atoms with Crippen LogP contribution in [0.2, 0.25) is 0 Å². The van der Waals surface area contributed by atoms with Crippen molar-refractivity contribution in [3.63, 3.8) is 0 Å². The van der Waals surface area contributed by atoms with Crippen LogP contribution in [0, 0.1) is 0 Å². The molecule has 118 valence electrons. The van der Waals surface area contributed by atoms with E-state index >= 15 is 0 Å². The molecule has 0 amide bonds. The van der Waals surface area contributed by atoms with Gasteiger partial charge in [-0.3, -0.25) is 0 Å². The van der Waals surface area contributed by atoms with E-state index < -0.39 is 16.0 Å². The summed E-state index contributed by atoms with van der Waals surface area (Å²) in [5.41, 5.74) is 0.238. The molecule has 1 aromatic carbocycles. The zero-order valence-electron chi connectivity index (χ0n) is 11.7. The molecule has 0 saturated carbocycles. The van der Waals surface area contributed by atoms with Crippen LogP contribution in [0.3, 0.4) is 0 Å². The highest BCUT2D eigenvalue weighted by Crippen LogP contribution is 2.18. The van der Waals surface area contributed by atoms with Gasteiger partial charge >= 0.3 is 5.97 Å². The maximum Gasteiger partial charge on any atom is 0.337 e. The minimum Gasteiger partial charge on any atom is -0.465 e. The molecule has 1 fully saturated rings. The van der Waals surface area contributed by atoms with Gasteiger partial charge in [-0.1, -0.05) is 6.07 Å². The van der Waals surface area contributed by atoms with E-state index in [2.05, 4.69) is 10.1 Å². The van der Waals surface area contributed by atoms with Gasteiger partial charge in [-0.15, -0.1) is 12.4 Å². The Morgan fingerprint density at radius 3 is 2.76 bits per heavy atom. The van der Waals surface area contributed by atoms with Gasteiger partial charge in [0.05, 0.1) is 17.6 Å². The van der Waals surface area contributed by atoms with E-state index in [-0.39, 0.29) is 22.9 Å². The Morgan fingerprint density at radius 1 is 1.29 bits per heavy atom. The van der Waals surface area contributed by atoms with Crippen LogP contribution in [0.25, 0.3) is 0 Å². The molecule has 1 heterocycles. The highest BCUT2D eigenvalue weighted by molar-refractivity contribution is 7.89. The third-order valence-electron chi connectivity index (χ3n) is 3.19. The van der Waals surface area contributed by atoms with Crippen LogP contribution in [0.5, 0.6) is 0 Å². The molecule has 1 aliphatic rings. The standard InChI is InChI=1S/C13H18N2O4S.ClH/c1-19-13(16)11-4-2-5-12(10-11)20(17,18)15-8-3-6-14-7-9-15;/h2,4-5,10,14H,3,6-9H2,1H3;1H. The molecular formula is C13H19ClN2O4S. The van der Waals surface area contributed by atoms with E-state index in [1.807, 2.05) is 0 Å². The van der Waals surface area contributed by atoms with Crippen molar-refractivity contribution in [1.29, 1.82) is 0 Å². The second-order valence-electron chi connectivity index (χ2n) is 4.53. The SMILES string of the molecule is COC(=O)c1cccc(S(=O)(=O)N2CCCNCC2)c1.Cl. The van der Waals surface area contributed by atoms with Gasteiger partial charge < -0.3 is 10.1 Å². The van der Waals surface area contributed by atoms with Crippen LogP contribution in [0.15, 0.2) is 29.2 Å². The first-order valence-electron chi connectivity index (χ1n) is 6.45. The maximum atomic E-state index is 12.5. The lowest BCUT2D eigenvalue weighted by molar-refractivity contribution is 0.0600. The number of benzene rings is 1. The molecule has 2 rings (SSSR count). The van der Waals surface area contributed by atoms with Crippen molar-refractivity contribution >= 4 is 28.4 Å². The van der Waals surface area contributed by atoms with Crippen molar-refractivity contribution in [2.45, 2.75) is 11.3 Å². The molecule has 0 spiro atoms. The summed E-state index contributed by atoms with van der Waals surface area (Å²) in [5, 5.41) is 3.16. The fourth-order valence-electron chi connectivity index (χ4n) is 2.11. The number of methoxy groups -OCH3 is 1. The summed E-state index contributed by atoms with van der Waals surface area (Å²) in [7, 11) is -2.30. The van der Waals surface area contributed by atoms with E-state index in [1.54, 1.807) is 6.07 Å². The zero-order chi connectivity index (χ0) is 14.6. The first-order valence-corrected chi connectivity index (χ1v) is 7.89. The van der Waals surface area contributed by atoms with Gasteiger partial charge in [-0.25, -0.2) is 13.2 Å². The van der Waals surface area contributed by atoms with E-state index in [1.165, 1.54) is 29.6 Å². The Kier molecular flexibility index (Phi) is 6.60. The molecule has 0 aromatic heterocycles. The molecule has 6 nitrogen and oxygen atoms in total. The molecule has 1 saturated heterocycles. The summed E-state index contributed by atoms with van der Waals surface area (Å²) >= 11 is 0. The number of hydrogen-bond acceptors (Lipinski definition) is 5. The molecule has 8 heteroatoms. The number of rotatable bonds is 3. The zero-order valence-corrected chi connectivity index (χ0v) is 13.4. The minimum absolute atomic E-state index is 0. The number of esters is 1. The number of sulfonamides is 1. The quantitative estimate of drug-likeness (QED) is 0.830. The second kappa shape index (κ2) is 7.74. The van der Waals surface area contributed by atoms with Gasteiger partial charge in [0.15, 0.2) is 0 Å². The smallest absolute Gasteiger partial charge is 0.337 e. The first-order chi connectivity index (χ1) is 9.55. The van der Waals surface area contributed by atoms with Gasteiger partial charge in [-0.2, -0.15) is 4.31 Å². The fourth-order valence-corrected chi connectivity index (χ4v) is 3.64. The van der Waals surface area contributed by atoms with Crippen molar-refractivity contribution < 1.29 is 17.9 Å². The van der Waals surface area contributed by atoms with Gasteiger partial charge in [0, 0.05) is 19.6 Å². The second-order valence-corrected chi connectivity index (χ2v) is 6.46. The monoisotopic (exact) mass is 334 g/mol. The maximum absolute atomic E-state index is 12.5. The molecule has 0 radical (unpaired) electrons. The first kappa shape index (κ1) is 17.9. The fraction of sp³-hybridized carbons (Fsp3) is 0.462. The van der Waals surface area contributed by atoms with Crippen LogP contribution in [0.1, 0.15) is 16.8 Å². The number of carbonyl (C=O) groups excluding carboxylic acids is 1. The van der Waals surface area contributed by atoms with Gasteiger partial charge in [0.2, 0.25) is 10.0 Å². The number of halogens is 1. The van der Waals surface area contributed by atoms with Crippen LogP contribution >= 0.6 is 12.4 Å². The summed E-state index contributed by atoms with van der Waals surface area (Å²) in [6.45, 7) is 2.37. The molecule has 21 heavy (non-hydrogen) atoms. The molecule has 0 unspecified atom stereocenters. The molecule has 1 N–H and O–H groups in total. The average molecular weight is 335 g/mol. The predicted octanol–water partition coefficient (Wildman–Crippen LogP) is 0.879. The summed E-state index contributed by atoms with van der Waals surface area (Å²) in [5.74, 6) is -0.542. The van der Waals surface area contributed by atoms with Crippen LogP contribution in [-0.2, 0) is 14.8 Å². The lowest BCUT2D eigenvalue weighted by atomic mass is 10.2. The minimum atomic E-state index is -3.56. The molecule has 1 aromatic rings. The Morgan fingerprint density at radius 2 is 2.05 bits per heavy atom. The highest BCUT2D eigenvalue weighted by atomic mass is 35.5. The lowest BCUT2D eigenvalue weighted by Crippen LogP contribution is -2.34. The Hall–Kier alpha value is -1.15. The highest BCUT2D eigenvalue weighted by Gasteiger charge is 2.25. The largest absolute Gasteiger partial charge is 0.465 e. The number of ether oxygens (including phenoxy) is 1. The Labute approximate surface area is 130 Å².